The van der Waals surface area contributed by atoms with E-state index in [9.17, 15) is 0 Å². The molecule has 2 rings (SSSR count). The van der Waals surface area contributed by atoms with Crippen LogP contribution in [-0.4, -0.2) is 17.1 Å². The molecule has 0 fully saturated rings. The summed E-state index contributed by atoms with van der Waals surface area (Å²) in [5.74, 6) is 2.11. The highest BCUT2D eigenvalue weighted by molar-refractivity contribution is 6.17. The molecule has 0 spiro atoms. The molecule has 0 aliphatic heterocycles. The molecule has 1 aromatic carbocycles. The number of benzene rings is 1. The van der Waals surface area contributed by atoms with E-state index in [4.69, 9.17) is 16.3 Å². The highest BCUT2D eigenvalue weighted by Gasteiger charge is 2.07. The fourth-order valence-corrected chi connectivity index (χ4v) is 1.77. The minimum atomic E-state index is 0. The maximum absolute atomic E-state index is 5.78. The smallest absolute Gasteiger partial charge is 0.137 e. The first-order chi connectivity index (χ1) is 7.74. The molecular formula is C12H14Cl2N2O. The number of methoxy groups -OCH3 is 1. The number of imidazole rings is 1. The zero-order valence-corrected chi connectivity index (χ0v) is 11.2. The van der Waals surface area contributed by atoms with Crippen molar-refractivity contribution in [1.29, 1.82) is 0 Å². The van der Waals surface area contributed by atoms with Crippen molar-refractivity contribution in [3.63, 3.8) is 0 Å². The summed E-state index contributed by atoms with van der Waals surface area (Å²) in [6.45, 7) is 1.97. The molecule has 2 aromatic rings. The number of hydrogen-bond donors (Lipinski definition) is 1. The van der Waals surface area contributed by atoms with Gasteiger partial charge >= 0.3 is 0 Å². The number of nitrogens with one attached hydrogen (secondary N) is 1. The lowest BCUT2D eigenvalue weighted by Crippen LogP contribution is -1.84. The Morgan fingerprint density at radius 3 is 2.41 bits per heavy atom. The van der Waals surface area contributed by atoms with Gasteiger partial charge in [0.15, 0.2) is 0 Å². The average molecular weight is 273 g/mol. The molecule has 0 aliphatic rings. The Hall–Kier alpha value is -1.19. The molecule has 1 N–H and O–H groups in total. The van der Waals surface area contributed by atoms with Crippen LogP contribution >= 0.6 is 24.0 Å². The lowest BCUT2D eigenvalue weighted by molar-refractivity contribution is 0.415. The molecule has 0 aliphatic carbocycles. The van der Waals surface area contributed by atoms with E-state index in [-0.39, 0.29) is 12.4 Å². The van der Waals surface area contributed by atoms with Gasteiger partial charge in [0.2, 0.25) is 0 Å². The second-order valence-corrected chi connectivity index (χ2v) is 3.79. The first-order valence-corrected chi connectivity index (χ1v) is 5.54. The Morgan fingerprint density at radius 2 is 1.94 bits per heavy atom. The third-order valence-corrected chi connectivity index (χ3v) is 2.73. The van der Waals surface area contributed by atoms with Gasteiger partial charge in [-0.1, -0.05) is 0 Å². The highest BCUT2D eigenvalue weighted by atomic mass is 35.5. The van der Waals surface area contributed by atoms with Crippen molar-refractivity contribution in [2.45, 2.75) is 12.8 Å². The van der Waals surface area contributed by atoms with E-state index in [0.717, 1.165) is 28.5 Å². The number of H-pyrrole nitrogens is 1. The summed E-state index contributed by atoms with van der Waals surface area (Å²) in [4.78, 5) is 7.64. The summed E-state index contributed by atoms with van der Waals surface area (Å²) in [6, 6.07) is 7.76. The van der Waals surface area contributed by atoms with Crippen LogP contribution in [0, 0.1) is 6.92 Å². The summed E-state index contributed by atoms with van der Waals surface area (Å²) < 4.78 is 5.10. The van der Waals surface area contributed by atoms with Crippen LogP contribution in [0.4, 0.5) is 0 Å². The van der Waals surface area contributed by atoms with E-state index >= 15 is 0 Å². The second kappa shape index (κ2) is 5.94. The highest BCUT2D eigenvalue weighted by Crippen LogP contribution is 2.21. The maximum atomic E-state index is 5.78. The average Bonchev–Trinajstić information content (AvgIpc) is 2.71. The Balaban J connectivity index is 0.00000144. The van der Waals surface area contributed by atoms with Crippen molar-refractivity contribution in [2.24, 2.45) is 0 Å². The van der Waals surface area contributed by atoms with Gasteiger partial charge in [-0.15, -0.1) is 24.0 Å². The molecule has 0 bridgehead atoms. The zero-order valence-electron chi connectivity index (χ0n) is 9.66. The van der Waals surface area contributed by atoms with Crippen LogP contribution in [0.1, 0.15) is 11.4 Å². The van der Waals surface area contributed by atoms with Crippen LogP contribution in [0.5, 0.6) is 5.75 Å². The van der Waals surface area contributed by atoms with Crippen molar-refractivity contribution < 1.29 is 4.74 Å². The number of halogens is 2. The zero-order chi connectivity index (χ0) is 11.5. The van der Waals surface area contributed by atoms with E-state index in [1.165, 1.54) is 0 Å². The molecule has 0 radical (unpaired) electrons. The maximum Gasteiger partial charge on any atom is 0.137 e. The monoisotopic (exact) mass is 272 g/mol. The Labute approximate surface area is 112 Å². The van der Waals surface area contributed by atoms with Gasteiger partial charge in [0.1, 0.15) is 11.6 Å². The number of aryl methyl sites for hydroxylation is 1. The predicted octanol–water partition coefficient (Wildman–Crippen LogP) is 3.55. The van der Waals surface area contributed by atoms with Crippen molar-refractivity contribution in [3.05, 3.63) is 35.7 Å². The molecule has 17 heavy (non-hydrogen) atoms. The number of rotatable bonds is 3. The number of nitrogens with zero attached hydrogens (tertiary/aromatic N) is 1. The SMILES string of the molecule is COc1ccc(-c2nc(CCl)c(C)[nH]2)cc1.Cl. The lowest BCUT2D eigenvalue weighted by atomic mass is 10.2. The van der Waals surface area contributed by atoms with Gasteiger partial charge in [0, 0.05) is 11.3 Å². The molecule has 0 unspecified atom stereocenters. The van der Waals surface area contributed by atoms with Crippen molar-refractivity contribution in [3.8, 4) is 17.1 Å². The van der Waals surface area contributed by atoms with Crippen molar-refractivity contribution in [1.82, 2.24) is 9.97 Å². The largest absolute Gasteiger partial charge is 0.497 e. The molecule has 3 nitrogen and oxygen atoms in total. The topological polar surface area (TPSA) is 37.9 Å². The minimum absolute atomic E-state index is 0. The Morgan fingerprint density at radius 1 is 1.29 bits per heavy atom. The molecule has 5 heteroatoms. The number of hydrogen-bond acceptors (Lipinski definition) is 2. The standard InChI is InChI=1S/C12H13ClN2O.ClH/c1-8-11(7-13)15-12(14-8)9-3-5-10(16-2)6-4-9;/h3-6H,7H2,1-2H3,(H,14,15);1H. The normalized spacial score (nSPS) is 9.82. The van der Waals surface area contributed by atoms with E-state index in [0.29, 0.717) is 5.88 Å². The Bertz CT molecular complexity index is 480. The van der Waals surface area contributed by atoms with E-state index in [2.05, 4.69) is 9.97 Å². The molecule has 1 heterocycles. The van der Waals surface area contributed by atoms with E-state index in [1.807, 2.05) is 31.2 Å². The van der Waals surface area contributed by atoms with Gasteiger partial charge < -0.3 is 9.72 Å². The number of ether oxygens (including phenoxy) is 1. The quantitative estimate of drug-likeness (QED) is 0.868. The molecule has 0 atom stereocenters. The van der Waals surface area contributed by atoms with Gasteiger partial charge in [0.25, 0.3) is 0 Å². The molecule has 92 valence electrons. The number of alkyl halides is 1. The summed E-state index contributed by atoms with van der Waals surface area (Å²) in [7, 11) is 1.65. The van der Waals surface area contributed by atoms with Crippen LogP contribution in [0.3, 0.4) is 0 Å². The molecule has 0 saturated heterocycles. The summed E-state index contributed by atoms with van der Waals surface area (Å²) in [5.41, 5.74) is 2.94. The summed E-state index contributed by atoms with van der Waals surface area (Å²) in [6.07, 6.45) is 0. The number of aromatic nitrogens is 2. The van der Waals surface area contributed by atoms with Gasteiger partial charge in [-0.05, 0) is 31.2 Å². The van der Waals surface area contributed by atoms with E-state index < -0.39 is 0 Å². The Kier molecular flexibility index (Phi) is 4.85. The lowest BCUT2D eigenvalue weighted by Gasteiger charge is -2.00. The van der Waals surface area contributed by atoms with Crippen LogP contribution < -0.4 is 4.74 Å². The van der Waals surface area contributed by atoms with Gasteiger partial charge in [-0.25, -0.2) is 4.98 Å². The fraction of sp³-hybridized carbons (Fsp3) is 0.250. The molecular weight excluding hydrogens is 259 g/mol. The van der Waals surface area contributed by atoms with Crippen molar-refractivity contribution >= 4 is 24.0 Å². The fourth-order valence-electron chi connectivity index (χ4n) is 1.51. The third-order valence-electron chi connectivity index (χ3n) is 2.48. The first kappa shape index (κ1) is 13.9. The van der Waals surface area contributed by atoms with Crippen LogP contribution in [0.25, 0.3) is 11.4 Å². The summed E-state index contributed by atoms with van der Waals surface area (Å²) >= 11 is 5.78. The summed E-state index contributed by atoms with van der Waals surface area (Å²) in [5, 5.41) is 0. The molecule has 1 aromatic heterocycles. The third kappa shape index (κ3) is 2.93. The van der Waals surface area contributed by atoms with Crippen LogP contribution in [0.2, 0.25) is 0 Å². The molecule has 0 saturated carbocycles. The predicted molar refractivity (Wildman–Crippen MR) is 72.1 cm³/mol. The van der Waals surface area contributed by atoms with Gasteiger partial charge in [0.05, 0.1) is 18.7 Å². The van der Waals surface area contributed by atoms with Crippen molar-refractivity contribution in [2.75, 3.05) is 7.11 Å². The first-order valence-electron chi connectivity index (χ1n) is 5.00. The number of aromatic amines is 1. The van der Waals surface area contributed by atoms with Crippen LogP contribution in [-0.2, 0) is 5.88 Å². The van der Waals surface area contributed by atoms with E-state index in [1.54, 1.807) is 7.11 Å². The van der Waals surface area contributed by atoms with Gasteiger partial charge in [-0.2, -0.15) is 0 Å². The van der Waals surface area contributed by atoms with Gasteiger partial charge in [-0.3, -0.25) is 0 Å². The minimum Gasteiger partial charge on any atom is -0.497 e. The second-order valence-electron chi connectivity index (χ2n) is 3.52. The molecule has 0 amide bonds. The van der Waals surface area contributed by atoms with Crippen LogP contribution in [0.15, 0.2) is 24.3 Å².